The van der Waals surface area contributed by atoms with Crippen molar-refractivity contribution < 1.29 is 0 Å². The van der Waals surface area contributed by atoms with E-state index in [2.05, 4.69) is 15.0 Å². The number of hydrogen-bond donors (Lipinski definition) is 1. The smallest absolute Gasteiger partial charge is 0.220 e. The van der Waals surface area contributed by atoms with E-state index in [0.717, 1.165) is 22.4 Å². The fourth-order valence-corrected chi connectivity index (χ4v) is 1.47. The maximum atomic E-state index is 5.58. The maximum absolute atomic E-state index is 5.58. The number of rotatable bonds is 1. The summed E-state index contributed by atoms with van der Waals surface area (Å²) in [6.07, 6.45) is 5.30. The van der Waals surface area contributed by atoms with Crippen molar-refractivity contribution in [1.82, 2.24) is 15.0 Å². The van der Waals surface area contributed by atoms with Gasteiger partial charge >= 0.3 is 0 Å². The molecule has 0 bridgehead atoms. The summed E-state index contributed by atoms with van der Waals surface area (Å²) in [5.74, 6) is 0.298. The van der Waals surface area contributed by atoms with Gasteiger partial charge in [-0.25, -0.2) is 9.97 Å². The molecule has 15 heavy (non-hydrogen) atoms. The highest BCUT2D eigenvalue weighted by molar-refractivity contribution is 5.66. The third kappa shape index (κ3) is 1.79. The third-order valence-electron chi connectivity index (χ3n) is 2.27. The van der Waals surface area contributed by atoms with Gasteiger partial charge in [0, 0.05) is 24.2 Å². The summed E-state index contributed by atoms with van der Waals surface area (Å²) >= 11 is 0. The third-order valence-corrected chi connectivity index (χ3v) is 2.27. The molecular weight excluding hydrogens is 188 g/mol. The summed E-state index contributed by atoms with van der Waals surface area (Å²) < 4.78 is 0. The van der Waals surface area contributed by atoms with Crippen molar-refractivity contribution in [2.45, 2.75) is 13.8 Å². The van der Waals surface area contributed by atoms with Crippen LogP contribution >= 0.6 is 0 Å². The molecule has 2 heterocycles. The average Bonchev–Trinajstić information content (AvgIpc) is 2.23. The zero-order valence-electron chi connectivity index (χ0n) is 8.73. The van der Waals surface area contributed by atoms with E-state index >= 15 is 0 Å². The Balaban J connectivity index is 2.64. The molecule has 2 aromatic heterocycles. The molecule has 0 saturated heterocycles. The summed E-state index contributed by atoms with van der Waals surface area (Å²) in [6, 6.07) is 1.93. The minimum atomic E-state index is 0.298. The predicted octanol–water partition coefficient (Wildman–Crippen LogP) is 1.74. The molecule has 0 spiro atoms. The lowest BCUT2D eigenvalue weighted by Gasteiger charge is -2.07. The molecule has 0 amide bonds. The minimum absolute atomic E-state index is 0.298. The van der Waals surface area contributed by atoms with E-state index in [1.165, 1.54) is 0 Å². The second-order valence-electron chi connectivity index (χ2n) is 3.45. The molecule has 0 saturated carbocycles. The maximum Gasteiger partial charge on any atom is 0.220 e. The molecule has 0 aromatic carbocycles. The van der Waals surface area contributed by atoms with Gasteiger partial charge in [-0.2, -0.15) is 0 Å². The monoisotopic (exact) mass is 200 g/mol. The molecule has 0 fully saturated rings. The lowest BCUT2D eigenvalue weighted by Crippen LogP contribution is -1.99. The Hall–Kier alpha value is -1.97. The Bertz CT molecular complexity index is 494. The van der Waals surface area contributed by atoms with Crippen molar-refractivity contribution >= 4 is 5.95 Å². The predicted molar refractivity (Wildman–Crippen MR) is 59.1 cm³/mol. The van der Waals surface area contributed by atoms with Crippen LogP contribution in [0.5, 0.6) is 0 Å². The Morgan fingerprint density at radius 2 is 1.93 bits per heavy atom. The van der Waals surface area contributed by atoms with Crippen LogP contribution in [0.3, 0.4) is 0 Å². The van der Waals surface area contributed by atoms with E-state index in [1.807, 2.05) is 26.1 Å². The lowest BCUT2D eigenvalue weighted by atomic mass is 10.1. The van der Waals surface area contributed by atoms with Crippen molar-refractivity contribution in [2.75, 3.05) is 5.73 Å². The van der Waals surface area contributed by atoms with Gasteiger partial charge in [-0.3, -0.25) is 4.98 Å². The van der Waals surface area contributed by atoms with E-state index in [1.54, 1.807) is 12.4 Å². The summed E-state index contributed by atoms with van der Waals surface area (Å²) in [7, 11) is 0. The van der Waals surface area contributed by atoms with Crippen molar-refractivity contribution in [2.24, 2.45) is 0 Å². The van der Waals surface area contributed by atoms with Gasteiger partial charge in [0.2, 0.25) is 5.95 Å². The first-order chi connectivity index (χ1) is 7.18. The Morgan fingerprint density at radius 1 is 1.13 bits per heavy atom. The van der Waals surface area contributed by atoms with Gasteiger partial charge in [-0.1, -0.05) is 0 Å². The van der Waals surface area contributed by atoms with Gasteiger partial charge in [0.25, 0.3) is 0 Å². The minimum Gasteiger partial charge on any atom is -0.368 e. The van der Waals surface area contributed by atoms with Crippen LogP contribution in [-0.4, -0.2) is 15.0 Å². The van der Waals surface area contributed by atoms with Crippen LogP contribution < -0.4 is 5.73 Å². The van der Waals surface area contributed by atoms with Crippen molar-refractivity contribution in [3.8, 4) is 11.3 Å². The van der Waals surface area contributed by atoms with Crippen LogP contribution in [0.2, 0.25) is 0 Å². The molecule has 0 atom stereocenters. The molecule has 4 nitrogen and oxygen atoms in total. The molecule has 4 heteroatoms. The normalized spacial score (nSPS) is 10.3. The van der Waals surface area contributed by atoms with Crippen LogP contribution in [-0.2, 0) is 0 Å². The number of hydrogen-bond acceptors (Lipinski definition) is 4. The molecule has 2 rings (SSSR count). The Morgan fingerprint density at radius 3 is 2.67 bits per heavy atom. The van der Waals surface area contributed by atoms with Gasteiger partial charge in [0.05, 0.1) is 5.69 Å². The standard InChI is InChI=1S/C11H12N4/c1-7-5-13-4-3-9(7)10-8(2)6-14-11(12)15-10/h3-6H,1-2H3,(H2,12,14,15). The second kappa shape index (κ2) is 3.65. The summed E-state index contributed by atoms with van der Waals surface area (Å²) in [6.45, 7) is 3.97. The number of pyridine rings is 1. The van der Waals surface area contributed by atoms with Gasteiger partial charge < -0.3 is 5.73 Å². The van der Waals surface area contributed by atoms with E-state index < -0.39 is 0 Å². The lowest BCUT2D eigenvalue weighted by molar-refractivity contribution is 1.14. The first-order valence-corrected chi connectivity index (χ1v) is 4.68. The first-order valence-electron chi connectivity index (χ1n) is 4.68. The van der Waals surface area contributed by atoms with Crippen molar-refractivity contribution in [3.63, 3.8) is 0 Å². The number of aryl methyl sites for hydroxylation is 2. The fraction of sp³-hybridized carbons (Fsp3) is 0.182. The quantitative estimate of drug-likeness (QED) is 0.761. The highest BCUT2D eigenvalue weighted by atomic mass is 15.0. The zero-order valence-corrected chi connectivity index (χ0v) is 8.73. The molecule has 0 radical (unpaired) electrons. The molecule has 0 aliphatic rings. The molecule has 0 aliphatic carbocycles. The van der Waals surface area contributed by atoms with Crippen molar-refractivity contribution in [1.29, 1.82) is 0 Å². The molecule has 0 unspecified atom stereocenters. The van der Waals surface area contributed by atoms with Gasteiger partial charge in [0.1, 0.15) is 0 Å². The highest BCUT2D eigenvalue weighted by Gasteiger charge is 2.07. The van der Waals surface area contributed by atoms with E-state index in [9.17, 15) is 0 Å². The first kappa shape index (κ1) is 9.58. The summed E-state index contributed by atoms with van der Waals surface area (Å²) in [4.78, 5) is 12.2. The second-order valence-corrected chi connectivity index (χ2v) is 3.45. The average molecular weight is 200 g/mol. The largest absolute Gasteiger partial charge is 0.368 e. The Kier molecular flexibility index (Phi) is 2.33. The molecular formula is C11H12N4. The highest BCUT2D eigenvalue weighted by Crippen LogP contribution is 2.23. The van der Waals surface area contributed by atoms with Crippen LogP contribution in [0.15, 0.2) is 24.7 Å². The summed E-state index contributed by atoms with van der Waals surface area (Å²) in [5.41, 5.74) is 9.60. The van der Waals surface area contributed by atoms with E-state index in [0.29, 0.717) is 5.95 Å². The topological polar surface area (TPSA) is 64.7 Å². The SMILES string of the molecule is Cc1cnccc1-c1nc(N)ncc1C. The number of aromatic nitrogens is 3. The zero-order chi connectivity index (χ0) is 10.8. The number of nitrogens with two attached hydrogens (primary N) is 1. The van der Waals surface area contributed by atoms with Gasteiger partial charge in [-0.05, 0) is 31.0 Å². The van der Waals surface area contributed by atoms with Gasteiger partial charge in [0.15, 0.2) is 0 Å². The molecule has 2 N–H and O–H groups in total. The number of nitrogen functional groups attached to an aromatic ring is 1. The van der Waals surface area contributed by atoms with E-state index in [-0.39, 0.29) is 0 Å². The number of anilines is 1. The van der Waals surface area contributed by atoms with Crippen LogP contribution in [0, 0.1) is 13.8 Å². The van der Waals surface area contributed by atoms with Gasteiger partial charge in [-0.15, -0.1) is 0 Å². The van der Waals surface area contributed by atoms with Crippen molar-refractivity contribution in [3.05, 3.63) is 35.8 Å². The van der Waals surface area contributed by atoms with Crippen LogP contribution in [0.4, 0.5) is 5.95 Å². The summed E-state index contributed by atoms with van der Waals surface area (Å²) in [5, 5.41) is 0. The fourth-order valence-electron chi connectivity index (χ4n) is 1.47. The van der Waals surface area contributed by atoms with Crippen LogP contribution in [0.25, 0.3) is 11.3 Å². The Labute approximate surface area is 88.2 Å². The molecule has 2 aromatic rings. The number of nitrogens with zero attached hydrogens (tertiary/aromatic N) is 3. The molecule has 76 valence electrons. The molecule has 0 aliphatic heterocycles. The van der Waals surface area contributed by atoms with Crippen LogP contribution in [0.1, 0.15) is 11.1 Å². The van der Waals surface area contributed by atoms with E-state index in [4.69, 9.17) is 5.73 Å².